The van der Waals surface area contributed by atoms with Crippen LogP contribution in [0.5, 0.6) is 0 Å². The van der Waals surface area contributed by atoms with E-state index in [-0.39, 0.29) is 16.9 Å². The summed E-state index contributed by atoms with van der Waals surface area (Å²) in [5, 5.41) is 2.89. The molecule has 0 aromatic heterocycles. The molecule has 1 aliphatic rings. The second-order valence-corrected chi connectivity index (χ2v) is 6.99. The van der Waals surface area contributed by atoms with E-state index in [1.54, 1.807) is 7.05 Å². The monoisotopic (exact) mass is 316 g/mol. The summed E-state index contributed by atoms with van der Waals surface area (Å²) in [7, 11) is -2.02. The predicted molar refractivity (Wildman–Crippen MR) is 77.9 cm³/mol. The average Bonchev–Trinajstić information content (AvgIpc) is 2.84. The summed E-state index contributed by atoms with van der Waals surface area (Å²) in [4.78, 5) is -0.0107. The number of rotatable bonds is 6. The van der Waals surface area contributed by atoms with Crippen LogP contribution >= 0.6 is 0 Å². The van der Waals surface area contributed by atoms with Crippen molar-refractivity contribution in [3.05, 3.63) is 29.6 Å². The quantitative estimate of drug-likeness (QED) is 0.829. The van der Waals surface area contributed by atoms with Crippen molar-refractivity contribution in [2.24, 2.45) is 5.92 Å². The van der Waals surface area contributed by atoms with Crippen LogP contribution < -0.4 is 10.0 Å². The third-order valence-corrected chi connectivity index (χ3v) is 5.26. The van der Waals surface area contributed by atoms with Crippen LogP contribution in [0.2, 0.25) is 0 Å². The van der Waals surface area contributed by atoms with Crippen LogP contribution in [-0.4, -0.2) is 34.7 Å². The van der Waals surface area contributed by atoms with Crippen molar-refractivity contribution >= 4 is 10.0 Å². The van der Waals surface area contributed by atoms with Crippen LogP contribution in [0.3, 0.4) is 0 Å². The first kappa shape index (κ1) is 16.4. The molecule has 118 valence electrons. The van der Waals surface area contributed by atoms with Crippen LogP contribution in [0, 0.1) is 11.7 Å². The van der Waals surface area contributed by atoms with Crippen LogP contribution in [0.4, 0.5) is 4.39 Å². The highest BCUT2D eigenvalue weighted by Gasteiger charge is 2.27. The maximum atomic E-state index is 13.4. The number of sulfonamides is 1. The predicted octanol–water partition coefficient (Wildman–Crippen LogP) is 1.25. The summed E-state index contributed by atoms with van der Waals surface area (Å²) in [6, 6.07) is 3.81. The second-order valence-electron chi connectivity index (χ2n) is 5.26. The molecule has 1 heterocycles. The highest BCUT2D eigenvalue weighted by Crippen LogP contribution is 2.21. The van der Waals surface area contributed by atoms with Crippen molar-refractivity contribution in [2.75, 3.05) is 20.2 Å². The van der Waals surface area contributed by atoms with E-state index >= 15 is 0 Å². The van der Waals surface area contributed by atoms with E-state index < -0.39 is 15.8 Å². The third kappa shape index (κ3) is 4.00. The van der Waals surface area contributed by atoms with Crippen molar-refractivity contribution in [2.45, 2.75) is 30.9 Å². The van der Waals surface area contributed by atoms with E-state index in [0.717, 1.165) is 12.5 Å². The molecular weight excluding hydrogens is 295 g/mol. The molecule has 0 amide bonds. The maximum Gasteiger partial charge on any atom is 0.241 e. The van der Waals surface area contributed by atoms with Crippen LogP contribution in [-0.2, 0) is 21.3 Å². The van der Waals surface area contributed by atoms with Gasteiger partial charge >= 0.3 is 0 Å². The van der Waals surface area contributed by atoms with Crippen LogP contribution in [0.25, 0.3) is 0 Å². The van der Waals surface area contributed by atoms with Gasteiger partial charge in [0.2, 0.25) is 10.0 Å². The van der Waals surface area contributed by atoms with Gasteiger partial charge < -0.3 is 10.1 Å². The SMILES string of the molecule is CNCc1ccc(F)cc1S(=O)(=O)NCC1CCOC1C. The first-order valence-electron chi connectivity index (χ1n) is 6.98. The lowest BCUT2D eigenvalue weighted by Gasteiger charge is -2.16. The summed E-state index contributed by atoms with van der Waals surface area (Å²) in [6.07, 6.45) is 0.868. The van der Waals surface area contributed by atoms with Gasteiger partial charge in [-0.25, -0.2) is 17.5 Å². The Balaban J connectivity index is 2.16. The summed E-state index contributed by atoms with van der Waals surface area (Å²) in [5.74, 6) is -0.408. The Bertz CT molecular complexity index is 592. The van der Waals surface area contributed by atoms with Gasteiger partial charge in [0.15, 0.2) is 0 Å². The fourth-order valence-electron chi connectivity index (χ4n) is 2.45. The zero-order valence-electron chi connectivity index (χ0n) is 12.2. The average molecular weight is 316 g/mol. The molecule has 2 N–H and O–H groups in total. The molecule has 1 aliphatic heterocycles. The van der Waals surface area contributed by atoms with Gasteiger partial charge in [-0.3, -0.25) is 0 Å². The minimum atomic E-state index is -3.73. The Hall–Kier alpha value is -1.02. The molecule has 0 saturated carbocycles. The van der Waals surface area contributed by atoms with Gasteiger partial charge in [0, 0.05) is 25.6 Å². The number of hydrogen-bond donors (Lipinski definition) is 2. The highest BCUT2D eigenvalue weighted by atomic mass is 32.2. The lowest BCUT2D eigenvalue weighted by atomic mass is 10.0. The Kier molecular flexibility index (Phi) is 5.32. The largest absolute Gasteiger partial charge is 0.378 e. The second kappa shape index (κ2) is 6.83. The van der Waals surface area contributed by atoms with E-state index in [0.29, 0.717) is 25.3 Å². The Morgan fingerprint density at radius 1 is 1.43 bits per heavy atom. The first-order chi connectivity index (χ1) is 9.94. The van der Waals surface area contributed by atoms with Gasteiger partial charge in [-0.2, -0.15) is 0 Å². The van der Waals surface area contributed by atoms with Gasteiger partial charge in [0.05, 0.1) is 11.0 Å². The van der Waals surface area contributed by atoms with Gasteiger partial charge in [-0.05, 0) is 38.1 Å². The summed E-state index contributed by atoms with van der Waals surface area (Å²) in [5.41, 5.74) is 0.544. The Morgan fingerprint density at radius 2 is 2.19 bits per heavy atom. The van der Waals surface area contributed by atoms with E-state index in [1.807, 2.05) is 6.92 Å². The molecule has 21 heavy (non-hydrogen) atoms. The molecule has 1 fully saturated rings. The number of ether oxygens (including phenoxy) is 1. The number of nitrogens with one attached hydrogen (secondary N) is 2. The standard InChI is InChI=1S/C14H21FN2O3S/c1-10-11(5-6-20-10)9-17-21(18,19)14-7-13(15)4-3-12(14)8-16-2/h3-4,7,10-11,16-17H,5-6,8-9H2,1-2H3. The van der Waals surface area contributed by atoms with Gasteiger partial charge in [0.25, 0.3) is 0 Å². The Labute approximate surface area is 124 Å². The molecule has 2 unspecified atom stereocenters. The van der Waals surface area contributed by atoms with Gasteiger partial charge in [-0.1, -0.05) is 6.07 Å². The number of hydrogen-bond acceptors (Lipinski definition) is 4. The minimum Gasteiger partial charge on any atom is -0.378 e. The molecular formula is C14H21FN2O3S. The topological polar surface area (TPSA) is 67.4 Å². The van der Waals surface area contributed by atoms with E-state index in [2.05, 4.69) is 10.0 Å². The summed E-state index contributed by atoms with van der Waals surface area (Å²) in [6.45, 7) is 3.25. The molecule has 0 spiro atoms. The highest BCUT2D eigenvalue weighted by molar-refractivity contribution is 7.89. The van der Waals surface area contributed by atoms with Gasteiger partial charge in [-0.15, -0.1) is 0 Å². The first-order valence-corrected chi connectivity index (χ1v) is 8.46. The minimum absolute atomic E-state index is 0.0107. The normalized spacial score (nSPS) is 22.6. The molecule has 2 atom stereocenters. The molecule has 1 aromatic rings. The molecule has 2 rings (SSSR count). The lowest BCUT2D eigenvalue weighted by molar-refractivity contribution is 0.107. The van der Waals surface area contributed by atoms with E-state index in [1.165, 1.54) is 12.1 Å². The number of benzene rings is 1. The van der Waals surface area contributed by atoms with Crippen molar-refractivity contribution < 1.29 is 17.5 Å². The third-order valence-electron chi connectivity index (χ3n) is 3.75. The molecule has 1 saturated heterocycles. The van der Waals surface area contributed by atoms with Crippen LogP contribution in [0.15, 0.2) is 23.1 Å². The molecule has 0 aliphatic carbocycles. The Morgan fingerprint density at radius 3 is 2.81 bits per heavy atom. The molecule has 0 radical (unpaired) electrons. The summed E-state index contributed by atoms with van der Waals surface area (Å²) >= 11 is 0. The molecule has 5 nitrogen and oxygen atoms in total. The van der Waals surface area contributed by atoms with Crippen LogP contribution in [0.1, 0.15) is 18.9 Å². The fraction of sp³-hybridized carbons (Fsp3) is 0.571. The lowest BCUT2D eigenvalue weighted by Crippen LogP contribution is -2.32. The van der Waals surface area contributed by atoms with Crippen molar-refractivity contribution in [3.63, 3.8) is 0 Å². The maximum absolute atomic E-state index is 13.4. The zero-order chi connectivity index (χ0) is 15.5. The van der Waals surface area contributed by atoms with Crippen molar-refractivity contribution in [3.8, 4) is 0 Å². The van der Waals surface area contributed by atoms with E-state index in [4.69, 9.17) is 4.74 Å². The zero-order valence-corrected chi connectivity index (χ0v) is 13.0. The fourth-order valence-corrected chi connectivity index (χ4v) is 3.80. The molecule has 0 bridgehead atoms. The number of halogens is 1. The smallest absolute Gasteiger partial charge is 0.241 e. The van der Waals surface area contributed by atoms with Crippen molar-refractivity contribution in [1.82, 2.24) is 10.0 Å². The molecule has 7 heteroatoms. The summed E-state index contributed by atoms with van der Waals surface area (Å²) < 4.78 is 46.2. The van der Waals surface area contributed by atoms with Gasteiger partial charge in [0.1, 0.15) is 5.82 Å². The van der Waals surface area contributed by atoms with Crippen molar-refractivity contribution in [1.29, 1.82) is 0 Å². The van der Waals surface area contributed by atoms with E-state index in [9.17, 15) is 12.8 Å². The molecule has 1 aromatic carbocycles.